The van der Waals surface area contributed by atoms with Crippen molar-refractivity contribution in [2.75, 3.05) is 19.6 Å². The Hall–Kier alpha value is -3.19. The maximum atomic E-state index is 13.7. The first-order chi connectivity index (χ1) is 16.5. The number of furan rings is 1. The minimum atomic E-state index is -0.751. The molecule has 7 heteroatoms. The van der Waals surface area contributed by atoms with Crippen LogP contribution in [0.4, 0.5) is 4.79 Å². The molecule has 4 heterocycles. The van der Waals surface area contributed by atoms with Crippen LogP contribution in [0.15, 0.2) is 59.3 Å². The molecule has 2 saturated heterocycles. The molecule has 3 aromatic rings. The predicted octanol–water partition coefficient (Wildman–Crippen LogP) is 4.67. The van der Waals surface area contributed by atoms with Gasteiger partial charge < -0.3 is 9.32 Å². The van der Waals surface area contributed by atoms with Crippen molar-refractivity contribution in [1.82, 2.24) is 19.7 Å². The Kier molecular flexibility index (Phi) is 6.13. The number of piperidine rings is 1. The minimum absolute atomic E-state index is 0.0616. The molecule has 0 unspecified atom stereocenters. The number of nitrogens with zero attached hydrogens (tertiary/aromatic N) is 4. The van der Waals surface area contributed by atoms with Gasteiger partial charge in [0.1, 0.15) is 16.9 Å². The summed E-state index contributed by atoms with van der Waals surface area (Å²) in [6.07, 6.45) is 5.58. The minimum Gasteiger partial charge on any atom is -0.460 e. The first-order valence-electron chi connectivity index (χ1n) is 12.2. The number of rotatable bonds is 7. The Balaban J connectivity index is 1.33. The second kappa shape index (κ2) is 9.22. The molecule has 0 atom stereocenters. The van der Waals surface area contributed by atoms with Gasteiger partial charge >= 0.3 is 6.03 Å². The molecule has 0 aliphatic carbocycles. The van der Waals surface area contributed by atoms with E-state index in [1.54, 1.807) is 12.4 Å². The van der Waals surface area contributed by atoms with E-state index in [-0.39, 0.29) is 18.5 Å². The number of hydrogen-bond acceptors (Lipinski definition) is 5. The lowest BCUT2D eigenvalue weighted by molar-refractivity contribution is -0.136. The number of amides is 3. The van der Waals surface area contributed by atoms with E-state index < -0.39 is 5.54 Å². The van der Waals surface area contributed by atoms with Crippen LogP contribution in [0.5, 0.6) is 0 Å². The largest absolute Gasteiger partial charge is 0.460 e. The van der Waals surface area contributed by atoms with Crippen LogP contribution in [0.1, 0.15) is 44.4 Å². The van der Waals surface area contributed by atoms with Gasteiger partial charge in [-0.3, -0.25) is 19.6 Å². The Labute approximate surface area is 200 Å². The van der Waals surface area contributed by atoms with Crippen molar-refractivity contribution in [2.45, 2.75) is 51.7 Å². The van der Waals surface area contributed by atoms with Gasteiger partial charge in [0.05, 0.1) is 13.1 Å². The summed E-state index contributed by atoms with van der Waals surface area (Å²) in [5.41, 5.74) is 1.01. The molecule has 1 aromatic carbocycles. The summed E-state index contributed by atoms with van der Waals surface area (Å²) in [5, 5.41) is 1.11. The van der Waals surface area contributed by atoms with E-state index >= 15 is 0 Å². The molecule has 178 valence electrons. The fourth-order valence-electron chi connectivity index (χ4n) is 5.19. The average Bonchev–Trinajstić information content (AvgIpc) is 3.33. The Bertz CT molecular complexity index is 1130. The van der Waals surface area contributed by atoms with Crippen molar-refractivity contribution in [3.8, 4) is 0 Å². The van der Waals surface area contributed by atoms with Crippen molar-refractivity contribution in [3.63, 3.8) is 0 Å². The fraction of sp³-hybridized carbons (Fsp3) is 0.444. The number of aromatic nitrogens is 1. The molecule has 34 heavy (non-hydrogen) atoms. The summed E-state index contributed by atoms with van der Waals surface area (Å²) in [4.78, 5) is 37.0. The van der Waals surface area contributed by atoms with Crippen molar-refractivity contribution < 1.29 is 14.0 Å². The highest BCUT2D eigenvalue weighted by Gasteiger charge is 2.57. The monoisotopic (exact) mass is 460 g/mol. The fourth-order valence-corrected chi connectivity index (χ4v) is 5.19. The standard InChI is InChI=1S/C27H32N4O3/c1-20(2)9-13-31-26(33)30(18-21-6-5-12-28-17-21)25(32)27(31)10-14-29(15-11-27)19-23-16-22-7-3-4-8-24(22)34-23/h3-8,12,16-17,20H,9-11,13-15,18-19H2,1-2H3. The molecular formula is C27H32N4O3. The Morgan fingerprint density at radius 3 is 2.56 bits per heavy atom. The molecule has 0 bridgehead atoms. The first kappa shape index (κ1) is 22.6. The van der Waals surface area contributed by atoms with Crippen LogP contribution < -0.4 is 0 Å². The van der Waals surface area contributed by atoms with E-state index in [4.69, 9.17) is 4.42 Å². The summed E-state index contributed by atoms with van der Waals surface area (Å²) < 4.78 is 6.01. The van der Waals surface area contributed by atoms with E-state index in [1.807, 2.05) is 35.2 Å². The van der Waals surface area contributed by atoms with E-state index in [9.17, 15) is 9.59 Å². The number of hydrogen-bond donors (Lipinski definition) is 0. The maximum Gasteiger partial charge on any atom is 0.327 e. The lowest BCUT2D eigenvalue weighted by Gasteiger charge is -2.42. The normalized spacial score (nSPS) is 18.7. The number of fused-ring (bicyclic) bond motifs is 1. The molecule has 1 spiro atoms. The molecule has 3 amide bonds. The molecular weight excluding hydrogens is 428 g/mol. The van der Waals surface area contributed by atoms with Crippen LogP contribution in [0.3, 0.4) is 0 Å². The van der Waals surface area contributed by atoms with Crippen LogP contribution in [-0.4, -0.2) is 56.8 Å². The molecule has 0 N–H and O–H groups in total. The first-order valence-corrected chi connectivity index (χ1v) is 12.2. The molecule has 2 aliphatic rings. The lowest BCUT2D eigenvalue weighted by atomic mass is 9.85. The second-order valence-corrected chi connectivity index (χ2v) is 9.93. The zero-order valence-electron chi connectivity index (χ0n) is 19.9. The van der Waals surface area contributed by atoms with Crippen molar-refractivity contribution >= 4 is 22.9 Å². The number of likely N-dealkylation sites (tertiary alicyclic amines) is 1. The zero-order chi connectivity index (χ0) is 23.7. The maximum absolute atomic E-state index is 13.7. The van der Waals surface area contributed by atoms with Crippen LogP contribution in [0.25, 0.3) is 11.0 Å². The van der Waals surface area contributed by atoms with Gasteiger partial charge in [-0.1, -0.05) is 38.1 Å². The molecule has 5 rings (SSSR count). The summed E-state index contributed by atoms with van der Waals surface area (Å²) in [6, 6.07) is 13.7. The van der Waals surface area contributed by atoms with Crippen molar-refractivity contribution in [2.24, 2.45) is 5.92 Å². The number of para-hydroxylation sites is 1. The third-order valence-corrected chi connectivity index (χ3v) is 7.15. The molecule has 7 nitrogen and oxygen atoms in total. The van der Waals surface area contributed by atoms with Crippen LogP contribution in [-0.2, 0) is 17.9 Å². The molecule has 0 radical (unpaired) electrons. The third-order valence-electron chi connectivity index (χ3n) is 7.15. The number of urea groups is 1. The van der Waals surface area contributed by atoms with Gasteiger partial charge in [0.15, 0.2) is 0 Å². The van der Waals surface area contributed by atoms with Gasteiger partial charge in [-0.25, -0.2) is 4.79 Å². The topological polar surface area (TPSA) is 69.9 Å². The van der Waals surface area contributed by atoms with E-state index in [2.05, 4.69) is 35.9 Å². The highest BCUT2D eigenvalue weighted by Crippen LogP contribution is 2.39. The van der Waals surface area contributed by atoms with Gasteiger partial charge in [-0.2, -0.15) is 0 Å². The highest BCUT2D eigenvalue weighted by molar-refractivity contribution is 6.07. The lowest BCUT2D eigenvalue weighted by Crippen LogP contribution is -2.56. The van der Waals surface area contributed by atoms with Crippen LogP contribution in [0.2, 0.25) is 0 Å². The van der Waals surface area contributed by atoms with Gasteiger partial charge in [0, 0.05) is 37.4 Å². The van der Waals surface area contributed by atoms with E-state index in [0.717, 1.165) is 41.8 Å². The van der Waals surface area contributed by atoms with E-state index in [0.29, 0.717) is 31.8 Å². The summed E-state index contributed by atoms with van der Waals surface area (Å²) in [7, 11) is 0. The van der Waals surface area contributed by atoms with E-state index in [1.165, 1.54) is 4.90 Å². The molecule has 2 fully saturated rings. The molecule has 2 aromatic heterocycles. The molecule has 2 aliphatic heterocycles. The number of imide groups is 1. The Morgan fingerprint density at radius 2 is 1.85 bits per heavy atom. The summed E-state index contributed by atoms with van der Waals surface area (Å²) in [5.74, 6) is 1.33. The van der Waals surface area contributed by atoms with Gasteiger partial charge in [0.25, 0.3) is 5.91 Å². The smallest absolute Gasteiger partial charge is 0.327 e. The van der Waals surface area contributed by atoms with Gasteiger partial charge in [-0.05, 0) is 48.9 Å². The van der Waals surface area contributed by atoms with Crippen molar-refractivity contribution in [3.05, 3.63) is 66.2 Å². The van der Waals surface area contributed by atoms with Crippen LogP contribution >= 0.6 is 0 Å². The molecule has 0 saturated carbocycles. The second-order valence-electron chi connectivity index (χ2n) is 9.93. The number of carbonyl (C=O) groups excluding carboxylic acids is 2. The SMILES string of the molecule is CC(C)CCN1C(=O)N(Cc2cccnc2)C(=O)C12CCN(Cc1cc3ccccc3o1)CC2. The zero-order valence-corrected chi connectivity index (χ0v) is 19.9. The highest BCUT2D eigenvalue weighted by atomic mass is 16.3. The van der Waals surface area contributed by atoms with Gasteiger partial charge in [0.2, 0.25) is 0 Å². The average molecular weight is 461 g/mol. The Morgan fingerprint density at radius 1 is 1.06 bits per heavy atom. The number of benzene rings is 1. The van der Waals surface area contributed by atoms with Crippen LogP contribution in [0, 0.1) is 5.92 Å². The summed E-state index contributed by atoms with van der Waals surface area (Å²) >= 11 is 0. The quantitative estimate of drug-likeness (QED) is 0.479. The summed E-state index contributed by atoms with van der Waals surface area (Å²) in [6.45, 7) is 7.38. The van der Waals surface area contributed by atoms with Crippen molar-refractivity contribution in [1.29, 1.82) is 0 Å². The number of carbonyl (C=O) groups is 2. The third kappa shape index (κ3) is 4.20. The van der Waals surface area contributed by atoms with Gasteiger partial charge in [-0.15, -0.1) is 0 Å². The predicted molar refractivity (Wildman–Crippen MR) is 130 cm³/mol. The number of pyridine rings is 1.